The number of nitrogens with one attached hydrogen (secondary N) is 1. The van der Waals surface area contributed by atoms with Crippen molar-refractivity contribution in [1.29, 1.82) is 0 Å². The third kappa shape index (κ3) is 2.94. The highest BCUT2D eigenvalue weighted by Gasteiger charge is 2.45. The van der Waals surface area contributed by atoms with Gasteiger partial charge in [-0.1, -0.05) is 13.8 Å². The molecule has 2 nitrogen and oxygen atoms in total. The fourth-order valence-corrected chi connectivity index (χ4v) is 2.55. The van der Waals surface area contributed by atoms with E-state index < -0.39 is 0 Å². The standard InChI is InChI=1S/C13H26N2/c1-11(2)4-7-15-10-13(5-6-13)9-14-8-12(15)3/h11-12,14H,4-10H2,1-3H3. The van der Waals surface area contributed by atoms with Crippen LogP contribution in [0.1, 0.15) is 40.0 Å². The summed E-state index contributed by atoms with van der Waals surface area (Å²) in [5, 5.41) is 3.63. The highest BCUT2D eigenvalue weighted by atomic mass is 15.2. The third-order valence-corrected chi connectivity index (χ3v) is 4.05. The smallest absolute Gasteiger partial charge is 0.0192 e. The number of hydrogen-bond acceptors (Lipinski definition) is 2. The summed E-state index contributed by atoms with van der Waals surface area (Å²) in [6.07, 6.45) is 4.25. The molecule has 0 aromatic rings. The maximum Gasteiger partial charge on any atom is 0.0192 e. The first-order valence-corrected chi connectivity index (χ1v) is 6.56. The highest BCUT2D eigenvalue weighted by Crippen LogP contribution is 2.46. The fourth-order valence-electron chi connectivity index (χ4n) is 2.55. The lowest BCUT2D eigenvalue weighted by molar-refractivity contribution is 0.183. The Morgan fingerprint density at radius 1 is 1.40 bits per heavy atom. The van der Waals surface area contributed by atoms with Gasteiger partial charge in [0.2, 0.25) is 0 Å². The highest BCUT2D eigenvalue weighted by molar-refractivity contribution is 5.00. The van der Waals surface area contributed by atoms with E-state index in [4.69, 9.17) is 0 Å². The number of hydrogen-bond donors (Lipinski definition) is 1. The van der Waals surface area contributed by atoms with Crippen LogP contribution in [0.15, 0.2) is 0 Å². The molecule has 1 saturated carbocycles. The van der Waals surface area contributed by atoms with Crippen molar-refractivity contribution in [3.63, 3.8) is 0 Å². The molecule has 2 heteroatoms. The Bertz CT molecular complexity index is 209. The summed E-state index contributed by atoms with van der Waals surface area (Å²) in [4.78, 5) is 2.72. The normalized spacial score (nSPS) is 30.8. The van der Waals surface area contributed by atoms with E-state index in [1.165, 1.54) is 45.4 Å². The molecule has 2 fully saturated rings. The van der Waals surface area contributed by atoms with Gasteiger partial charge in [-0.05, 0) is 44.1 Å². The molecule has 1 N–H and O–H groups in total. The lowest BCUT2D eigenvalue weighted by Crippen LogP contribution is -2.39. The van der Waals surface area contributed by atoms with E-state index in [0.29, 0.717) is 5.41 Å². The van der Waals surface area contributed by atoms with Crippen molar-refractivity contribution >= 4 is 0 Å². The maximum absolute atomic E-state index is 3.63. The minimum absolute atomic E-state index is 0.668. The van der Waals surface area contributed by atoms with Gasteiger partial charge in [-0.3, -0.25) is 4.90 Å². The predicted molar refractivity (Wildman–Crippen MR) is 65.0 cm³/mol. The van der Waals surface area contributed by atoms with Crippen LogP contribution in [0.25, 0.3) is 0 Å². The van der Waals surface area contributed by atoms with Gasteiger partial charge in [0.1, 0.15) is 0 Å². The molecule has 0 aromatic heterocycles. The summed E-state index contributed by atoms with van der Waals surface area (Å²) in [5.41, 5.74) is 0.668. The molecular weight excluding hydrogens is 184 g/mol. The van der Waals surface area contributed by atoms with E-state index in [0.717, 1.165) is 12.0 Å². The van der Waals surface area contributed by atoms with E-state index in [1.807, 2.05) is 0 Å². The van der Waals surface area contributed by atoms with Gasteiger partial charge in [-0.15, -0.1) is 0 Å². The van der Waals surface area contributed by atoms with Gasteiger partial charge in [-0.25, -0.2) is 0 Å². The lowest BCUT2D eigenvalue weighted by atomic mass is 10.1. The molecule has 0 aromatic carbocycles. The van der Waals surface area contributed by atoms with Crippen molar-refractivity contribution in [3.8, 4) is 0 Å². The van der Waals surface area contributed by atoms with Crippen molar-refractivity contribution in [2.45, 2.75) is 46.1 Å². The molecular formula is C13H26N2. The Morgan fingerprint density at radius 2 is 2.13 bits per heavy atom. The summed E-state index contributed by atoms with van der Waals surface area (Å²) in [7, 11) is 0. The number of nitrogens with zero attached hydrogens (tertiary/aromatic N) is 1. The van der Waals surface area contributed by atoms with E-state index in [9.17, 15) is 0 Å². The van der Waals surface area contributed by atoms with Crippen LogP contribution >= 0.6 is 0 Å². The minimum Gasteiger partial charge on any atom is -0.315 e. The van der Waals surface area contributed by atoms with E-state index in [2.05, 4.69) is 31.0 Å². The second-order valence-corrected chi connectivity index (χ2v) is 6.13. The van der Waals surface area contributed by atoms with Crippen molar-refractivity contribution in [1.82, 2.24) is 10.2 Å². The molecule has 0 radical (unpaired) electrons. The molecule has 1 saturated heterocycles. The van der Waals surface area contributed by atoms with E-state index in [-0.39, 0.29) is 0 Å². The van der Waals surface area contributed by atoms with Gasteiger partial charge in [-0.2, -0.15) is 0 Å². The van der Waals surface area contributed by atoms with Crippen molar-refractivity contribution in [3.05, 3.63) is 0 Å². The largest absolute Gasteiger partial charge is 0.315 e. The Hall–Kier alpha value is -0.0800. The Morgan fingerprint density at radius 3 is 2.73 bits per heavy atom. The van der Waals surface area contributed by atoms with Gasteiger partial charge in [0.25, 0.3) is 0 Å². The Kier molecular flexibility index (Phi) is 3.36. The van der Waals surface area contributed by atoms with Crippen LogP contribution < -0.4 is 5.32 Å². The van der Waals surface area contributed by atoms with E-state index in [1.54, 1.807) is 0 Å². The van der Waals surface area contributed by atoms with Crippen LogP contribution in [-0.4, -0.2) is 37.1 Å². The summed E-state index contributed by atoms with van der Waals surface area (Å²) in [5.74, 6) is 0.837. The average molecular weight is 210 g/mol. The summed E-state index contributed by atoms with van der Waals surface area (Å²) < 4.78 is 0. The summed E-state index contributed by atoms with van der Waals surface area (Å²) >= 11 is 0. The first-order valence-electron chi connectivity index (χ1n) is 6.56. The monoisotopic (exact) mass is 210 g/mol. The van der Waals surface area contributed by atoms with Crippen molar-refractivity contribution in [2.75, 3.05) is 26.2 Å². The molecule has 2 rings (SSSR count). The maximum atomic E-state index is 3.63. The van der Waals surface area contributed by atoms with Crippen LogP contribution in [0.3, 0.4) is 0 Å². The molecule has 1 atom stereocenters. The molecule has 1 aliphatic carbocycles. The second-order valence-electron chi connectivity index (χ2n) is 6.13. The zero-order valence-electron chi connectivity index (χ0n) is 10.6. The minimum atomic E-state index is 0.668. The predicted octanol–water partition coefficient (Wildman–Crippen LogP) is 2.11. The Balaban J connectivity index is 1.88. The average Bonchev–Trinajstić information content (AvgIpc) is 2.94. The van der Waals surface area contributed by atoms with Crippen LogP contribution in [-0.2, 0) is 0 Å². The molecule has 1 unspecified atom stereocenters. The quantitative estimate of drug-likeness (QED) is 0.767. The SMILES string of the molecule is CC(C)CCN1CC2(CC2)CNCC1C. The van der Waals surface area contributed by atoms with Crippen LogP contribution in [0, 0.1) is 11.3 Å². The molecule has 0 bridgehead atoms. The molecule has 0 amide bonds. The molecule has 1 heterocycles. The first kappa shape index (κ1) is 11.4. The molecule has 1 spiro atoms. The zero-order valence-corrected chi connectivity index (χ0v) is 10.6. The molecule has 15 heavy (non-hydrogen) atoms. The Labute approximate surface area is 94.4 Å². The molecule has 88 valence electrons. The topological polar surface area (TPSA) is 15.3 Å². The van der Waals surface area contributed by atoms with Gasteiger partial charge in [0, 0.05) is 25.7 Å². The molecule has 2 aliphatic rings. The van der Waals surface area contributed by atoms with Gasteiger partial charge in [0.15, 0.2) is 0 Å². The van der Waals surface area contributed by atoms with Gasteiger partial charge < -0.3 is 5.32 Å². The fraction of sp³-hybridized carbons (Fsp3) is 1.00. The van der Waals surface area contributed by atoms with Crippen LogP contribution in [0.4, 0.5) is 0 Å². The number of rotatable bonds is 3. The second kappa shape index (κ2) is 4.42. The summed E-state index contributed by atoms with van der Waals surface area (Å²) in [6, 6.07) is 0.726. The lowest BCUT2D eigenvalue weighted by Gasteiger charge is -2.29. The third-order valence-electron chi connectivity index (χ3n) is 4.05. The molecule has 1 aliphatic heterocycles. The van der Waals surface area contributed by atoms with E-state index >= 15 is 0 Å². The zero-order chi connectivity index (χ0) is 10.9. The van der Waals surface area contributed by atoms with Crippen LogP contribution in [0.5, 0.6) is 0 Å². The summed E-state index contributed by atoms with van der Waals surface area (Å²) in [6.45, 7) is 12.1. The first-order chi connectivity index (χ1) is 7.11. The van der Waals surface area contributed by atoms with Gasteiger partial charge in [0.05, 0.1) is 0 Å². The van der Waals surface area contributed by atoms with Crippen LogP contribution in [0.2, 0.25) is 0 Å². The van der Waals surface area contributed by atoms with Gasteiger partial charge >= 0.3 is 0 Å². The van der Waals surface area contributed by atoms with Crippen molar-refractivity contribution < 1.29 is 0 Å². The van der Waals surface area contributed by atoms with Crippen molar-refractivity contribution in [2.24, 2.45) is 11.3 Å².